The molecular weight excluding hydrogens is 240 g/mol. The maximum Gasteiger partial charge on any atom is 0.333 e. The molecule has 3 saturated carbocycles. The second-order valence-corrected chi connectivity index (χ2v) is 7.01. The van der Waals surface area contributed by atoms with Gasteiger partial charge in [-0.2, -0.15) is 0 Å². The van der Waals surface area contributed by atoms with E-state index in [0.717, 1.165) is 12.3 Å². The average molecular weight is 264 g/mol. The second kappa shape index (κ2) is 4.34. The van der Waals surface area contributed by atoms with Crippen LogP contribution in [0.15, 0.2) is 12.2 Å². The molecule has 3 heteroatoms. The summed E-state index contributed by atoms with van der Waals surface area (Å²) in [6, 6.07) is 0. The number of carbonyl (C=O) groups is 1. The summed E-state index contributed by atoms with van der Waals surface area (Å²) >= 11 is 0. The topological polar surface area (TPSA) is 46.5 Å². The van der Waals surface area contributed by atoms with Gasteiger partial charge in [0.25, 0.3) is 0 Å². The van der Waals surface area contributed by atoms with Crippen molar-refractivity contribution in [1.29, 1.82) is 0 Å². The molecule has 6 atom stereocenters. The normalized spacial score (nSPS) is 47.2. The van der Waals surface area contributed by atoms with E-state index in [1.54, 1.807) is 6.92 Å². The largest absolute Gasteiger partial charge is 0.458 e. The Balaban J connectivity index is 1.85. The summed E-state index contributed by atoms with van der Waals surface area (Å²) in [5.41, 5.74) is 0.619. The third-order valence-corrected chi connectivity index (χ3v) is 6.10. The van der Waals surface area contributed by atoms with Crippen LogP contribution >= 0.6 is 0 Å². The fourth-order valence-corrected chi connectivity index (χ4v) is 5.30. The summed E-state index contributed by atoms with van der Waals surface area (Å²) in [6.45, 7) is 7.77. The van der Waals surface area contributed by atoms with Crippen molar-refractivity contribution in [2.45, 2.75) is 45.6 Å². The molecule has 0 amide bonds. The third kappa shape index (κ3) is 1.70. The Hall–Kier alpha value is -0.830. The van der Waals surface area contributed by atoms with Gasteiger partial charge in [-0.3, -0.25) is 0 Å². The Bertz CT molecular complexity index is 416. The predicted molar refractivity (Wildman–Crippen MR) is 72.3 cm³/mol. The molecule has 3 aliphatic carbocycles. The van der Waals surface area contributed by atoms with Crippen molar-refractivity contribution in [2.75, 3.05) is 6.61 Å². The van der Waals surface area contributed by atoms with Gasteiger partial charge in [0.1, 0.15) is 6.10 Å². The zero-order valence-electron chi connectivity index (χ0n) is 11.9. The Morgan fingerprint density at radius 2 is 2.16 bits per heavy atom. The van der Waals surface area contributed by atoms with Gasteiger partial charge < -0.3 is 9.84 Å². The maximum absolute atomic E-state index is 11.8. The predicted octanol–water partition coefficient (Wildman–Crippen LogP) is 2.54. The minimum atomic E-state index is -0.297. The number of hydrogen-bond donors (Lipinski definition) is 1. The van der Waals surface area contributed by atoms with E-state index in [1.807, 2.05) is 0 Å². The van der Waals surface area contributed by atoms with E-state index in [1.165, 1.54) is 19.3 Å². The van der Waals surface area contributed by atoms with Gasteiger partial charge in [0.05, 0.1) is 0 Å². The summed E-state index contributed by atoms with van der Waals surface area (Å²) in [7, 11) is 0. The van der Waals surface area contributed by atoms with Gasteiger partial charge in [-0.15, -0.1) is 0 Å². The van der Waals surface area contributed by atoms with Crippen LogP contribution in [0, 0.1) is 29.1 Å². The average Bonchev–Trinajstić information content (AvgIpc) is 2.98. The van der Waals surface area contributed by atoms with Crippen molar-refractivity contribution in [3.63, 3.8) is 0 Å². The lowest BCUT2D eigenvalue weighted by molar-refractivity contribution is -0.156. The summed E-state index contributed by atoms with van der Waals surface area (Å²) in [4.78, 5) is 11.8. The van der Waals surface area contributed by atoms with E-state index >= 15 is 0 Å². The molecule has 6 unspecified atom stereocenters. The SMILES string of the molecule is C=C(C)C(=O)OC1C2CC(C)(C3CCCC23)C1CO. The van der Waals surface area contributed by atoms with E-state index < -0.39 is 0 Å². The molecule has 0 aromatic heterocycles. The van der Waals surface area contributed by atoms with Crippen LogP contribution in [0.5, 0.6) is 0 Å². The van der Waals surface area contributed by atoms with Crippen molar-refractivity contribution < 1.29 is 14.6 Å². The molecule has 0 aromatic carbocycles. The molecule has 3 nitrogen and oxygen atoms in total. The van der Waals surface area contributed by atoms with Crippen LogP contribution in [0.3, 0.4) is 0 Å². The fraction of sp³-hybridized carbons (Fsp3) is 0.812. The van der Waals surface area contributed by atoms with Crippen LogP contribution in [-0.2, 0) is 9.53 Å². The molecule has 3 rings (SSSR count). The van der Waals surface area contributed by atoms with E-state index in [-0.39, 0.29) is 30.0 Å². The molecule has 19 heavy (non-hydrogen) atoms. The van der Waals surface area contributed by atoms with Crippen LogP contribution in [0.25, 0.3) is 0 Å². The van der Waals surface area contributed by atoms with Crippen molar-refractivity contribution in [1.82, 2.24) is 0 Å². The number of ether oxygens (including phenoxy) is 1. The highest BCUT2D eigenvalue weighted by Crippen LogP contribution is 2.68. The number of esters is 1. The third-order valence-electron chi connectivity index (χ3n) is 6.10. The van der Waals surface area contributed by atoms with Crippen LogP contribution < -0.4 is 0 Å². The standard InChI is InChI=1S/C16H24O3/c1-9(2)15(18)19-14-11-7-16(3,13(14)8-17)12-6-4-5-10(11)12/h10-14,17H,1,4-8H2,2-3H3. The number of hydrogen-bond acceptors (Lipinski definition) is 3. The lowest BCUT2D eigenvalue weighted by Crippen LogP contribution is -2.45. The van der Waals surface area contributed by atoms with Crippen LogP contribution in [0.4, 0.5) is 0 Å². The molecule has 0 spiro atoms. The minimum Gasteiger partial charge on any atom is -0.458 e. The molecule has 3 fully saturated rings. The Labute approximate surface area is 115 Å². The van der Waals surface area contributed by atoms with Gasteiger partial charge in [0, 0.05) is 18.1 Å². The smallest absolute Gasteiger partial charge is 0.333 e. The molecule has 2 bridgehead atoms. The van der Waals surface area contributed by atoms with Gasteiger partial charge >= 0.3 is 5.97 Å². The van der Waals surface area contributed by atoms with Gasteiger partial charge in [-0.05, 0) is 49.4 Å². The molecule has 106 valence electrons. The number of aliphatic hydroxyl groups is 1. The zero-order chi connectivity index (χ0) is 13.8. The van der Waals surface area contributed by atoms with Gasteiger partial charge in [0.15, 0.2) is 0 Å². The van der Waals surface area contributed by atoms with Gasteiger partial charge in [-0.25, -0.2) is 4.79 Å². The first-order valence-electron chi connectivity index (χ1n) is 7.46. The first kappa shape index (κ1) is 13.2. The first-order chi connectivity index (χ1) is 8.99. The van der Waals surface area contributed by atoms with Crippen molar-refractivity contribution >= 4 is 5.97 Å². The van der Waals surface area contributed by atoms with E-state index in [2.05, 4.69) is 13.5 Å². The number of carbonyl (C=O) groups excluding carboxylic acids is 1. The monoisotopic (exact) mass is 264 g/mol. The minimum absolute atomic E-state index is 0.0986. The van der Waals surface area contributed by atoms with Gasteiger partial charge in [-0.1, -0.05) is 19.9 Å². The zero-order valence-corrected chi connectivity index (χ0v) is 11.9. The number of fused-ring (bicyclic) bond motifs is 5. The van der Waals surface area contributed by atoms with Crippen molar-refractivity contribution in [3.8, 4) is 0 Å². The van der Waals surface area contributed by atoms with Crippen molar-refractivity contribution in [3.05, 3.63) is 12.2 Å². The second-order valence-electron chi connectivity index (χ2n) is 7.01. The molecule has 0 saturated heterocycles. The number of rotatable bonds is 3. The van der Waals surface area contributed by atoms with E-state index in [0.29, 0.717) is 17.4 Å². The van der Waals surface area contributed by atoms with Crippen LogP contribution in [0.2, 0.25) is 0 Å². The van der Waals surface area contributed by atoms with Crippen LogP contribution in [-0.4, -0.2) is 23.8 Å². The Morgan fingerprint density at radius 1 is 1.42 bits per heavy atom. The van der Waals surface area contributed by atoms with E-state index in [4.69, 9.17) is 4.74 Å². The number of aliphatic hydroxyl groups excluding tert-OH is 1. The Morgan fingerprint density at radius 3 is 2.79 bits per heavy atom. The molecule has 0 heterocycles. The van der Waals surface area contributed by atoms with Gasteiger partial charge in [0.2, 0.25) is 0 Å². The Kier molecular flexibility index (Phi) is 3.01. The summed E-state index contributed by atoms with van der Waals surface area (Å²) < 4.78 is 5.69. The van der Waals surface area contributed by atoms with E-state index in [9.17, 15) is 9.90 Å². The molecular formula is C16H24O3. The molecule has 0 aromatic rings. The molecule has 1 N–H and O–H groups in total. The quantitative estimate of drug-likeness (QED) is 0.629. The highest BCUT2D eigenvalue weighted by Gasteiger charge is 2.66. The fourth-order valence-electron chi connectivity index (χ4n) is 5.30. The highest BCUT2D eigenvalue weighted by atomic mass is 16.5. The highest BCUT2D eigenvalue weighted by molar-refractivity contribution is 5.87. The molecule has 0 aliphatic heterocycles. The first-order valence-corrected chi connectivity index (χ1v) is 7.46. The maximum atomic E-state index is 11.8. The molecule has 3 aliphatic rings. The summed E-state index contributed by atoms with van der Waals surface area (Å²) in [5, 5.41) is 9.78. The van der Waals surface area contributed by atoms with Crippen LogP contribution in [0.1, 0.15) is 39.5 Å². The van der Waals surface area contributed by atoms with Crippen molar-refractivity contribution in [2.24, 2.45) is 29.1 Å². The summed E-state index contributed by atoms with van der Waals surface area (Å²) in [6.07, 6.45) is 4.86. The lowest BCUT2D eigenvalue weighted by Gasteiger charge is -2.42. The molecule has 0 radical (unpaired) electrons. The lowest BCUT2D eigenvalue weighted by atomic mass is 9.65. The summed E-state index contributed by atoms with van der Waals surface area (Å²) in [5.74, 6) is 1.71.